The third kappa shape index (κ3) is 3.18. The monoisotopic (exact) mass is 302 g/mol. The Labute approximate surface area is 129 Å². The molecule has 1 fully saturated rings. The summed E-state index contributed by atoms with van der Waals surface area (Å²) in [5, 5.41) is 1.49. The molecule has 0 saturated carbocycles. The van der Waals surface area contributed by atoms with E-state index in [1.54, 1.807) is 6.07 Å². The first-order valence-corrected chi connectivity index (χ1v) is 7.98. The van der Waals surface area contributed by atoms with Gasteiger partial charge >= 0.3 is 0 Å². The maximum absolute atomic E-state index is 12.7. The highest BCUT2D eigenvalue weighted by Gasteiger charge is 2.19. The van der Waals surface area contributed by atoms with E-state index in [9.17, 15) is 4.79 Å². The molecule has 1 aliphatic rings. The molecule has 2 aromatic rings. The second-order valence-electron chi connectivity index (χ2n) is 5.57. The average molecular weight is 303 g/mol. The molecule has 0 radical (unpaired) electrons. The van der Waals surface area contributed by atoms with Gasteiger partial charge in [-0.3, -0.25) is 4.79 Å². The van der Waals surface area contributed by atoms with E-state index in [1.807, 2.05) is 29.2 Å². The largest absolute Gasteiger partial charge is 0.337 e. The lowest BCUT2D eigenvalue weighted by Gasteiger charge is -2.24. The third-order valence-electron chi connectivity index (χ3n) is 4.03. The van der Waals surface area contributed by atoms with Gasteiger partial charge < -0.3 is 4.90 Å². The predicted octanol–water partition coefficient (Wildman–Crippen LogP) is 4.29. The molecule has 2 heterocycles. The fourth-order valence-corrected chi connectivity index (χ4v) is 3.12. The van der Waals surface area contributed by atoms with E-state index in [4.69, 9.17) is 11.6 Å². The van der Waals surface area contributed by atoms with Gasteiger partial charge in [0, 0.05) is 18.5 Å². The van der Waals surface area contributed by atoms with Crippen molar-refractivity contribution in [1.82, 2.24) is 9.88 Å². The molecule has 21 heavy (non-hydrogen) atoms. The summed E-state index contributed by atoms with van der Waals surface area (Å²) in [6.07, 6.45) is 5.84. The van der Waals surface area contributed by atoms with Gasteiger partial charge in [0.05, 0.1) is 10.5 Å². The van der Waals surface area contributed by atoms with Gasteiger partial charge in [0.25, 0.3) is 5.91 Å². The van der Waals surface area contributed by atoms with Crippen LogP contribution in [0, 0.1) is 0 Å². The van der Waals surface area contributed by atoms with Crippen molar-refractivity contribution in [3.05, 3.63) is 41.0 Å². The molecular weight excluding hydrogens is 284 g/mol. The van der Waals surface area contributed by atoms with Crippen LogP contribution in [0.5, 0.6) is 0 Å². The van der Waals surface area contributed by atoms with Gasteiger partial charge in [0.2, 0.25) is 0 Å². The number of carbonyl (C=O) groups excluding carboxylic acids is 1. The first-order valence-electron chi connectivity index (χ1n) is 7.60. The normalized spacial score (nSPS) is 16.5. The van der Waals surface area contributed by atoms with Gasteiger partial charge in [-0.25, -0.2) is 4.98 Å². The summed E-state index contributed by atoms with van der Waals surface area (Å²) in [4.78, 5) is 19.1. The lowest BCUT2D eigenvalue weighted by Crippen LogP contribution is -2.34. The summed E-state index contributed by atoms with van der Waals surface area (Å²) in [6.45, 7) is 1.65. The smallest absolute Gasteiger partial charge is 0.272 e. The number of halogens is 1. The fourth-order valence-electron chi connectivity index (χ4n) is 2.86. The maximum Gasteiger partial charge on any atom is 0.272 e. The minimum atomic E-state index is 0.00422. The van der Waals surface area contributed by atoms with Crippen molar-refractivity contribution in [2.45, 2.75) is 32.1 Å². The molecule has 1 saturated heterocycles. The molecule has 0 bridgehead atoms. The van der Waals surface area contributed by atoms with Crippen molar-refractivity contribution in [3.63, 3.8) is 0 Å². The molecule has 0 spiro atoms. The van der Waals surface area contributed by atoms with E-state index >= 15 is 0 Å². The van der Waals surface area contributed by atoms with Crippen LogP contribution in [0.25, 0.3) is 10.9 Å². The lowest BCUT2D eigenvalue weighted by atomic mass is 10.1. The quantitative estimate of drug-likeness (QED) is 0.787. The van der Waals surface area contributed by atoms with Crippen LogP contribution in [0.2, 0.25) is 5.02 Å². The van der Waals surface area contributed by atoms with E-state index in [2.05, 4.69) is 4.98 Å². The number of pyridine rings is 1. The first-order chi connectivity index (χ1) is 10.3. The number of hydrogen-bond acceptors (Lipinski definition) is 2. The van der Waals surface area contributed by atoms with Crippen LogP contribution in [-0.4, -0.2) is 28.9 Å². The molecule has 1 aliphatic heterocycles. The van der Waals surface area contributed by atoms with Crippen LogP contribution in [-0.2, 0) is 0 Å². The topological polar surface area (TPSA) is 33.2 Å². The van der Waals surface area contributed by atoms with E-state index in [-0.39, 0.29) is 5.91 Å². The van der Waals surface area contributed by atoms with Gasteiger partial charge in [0.15, 0.2) is 0 Å². The minimum Gasteiger partial charge on any atom is -0.337 e. The number of amides is 1. The summed E-state index contributed by atoms with van der Waals surface area (Å²) in [6, 6.07) is 9.36. The average Bonchev–Trinajstić information content (AvgIpc) is 2.46. The molecule has 1 aromatic carbocycles. The van der Waals surface area contributed by atoms with E-state index in [0.29, 0.717) is 10.7 Å². The minimum absolute atomic E-state index is 0.00422. The summed E-state index contributed by atoms with van der Waals surface area (Å²) in [5.41, 5.74) is 1.24. The van der Waals surface area contributed by atoms with E-state index in [0.717, 1.165) is 36.8 Å². The Morgan fingerprint density at radius 3 is 2.48 bits per heavy atom. The van der Waals surface area contributed by atoms with Crippen molar-refractivity contribution in [3.8, 4) is 0 Å². The van der Waals surface area contributed by atoms with Gasteiger partial charge in [-0.15, -0.1) is 0 Å². The molecule has 0 atom stereocenters. The van der Waals surface area contributed by atoms with E-state index in [1.165, 1.54) is 19.3 Å². The second kappa shape index (κ2) is 6.44. The van der Waals surface area contributed by atoms with E-state index < -0.39 is 0 Å². The number of hydrogen-bond donors (Lipinski definition) is 0. The SMILES string of the molecule is O=C(c1cc(Cl)c2ccccc2n1)N1CCCCCCC1. The van der Waals surface area contributed by atoms with Crippen LogP contribution >= 0.6 is 11.6 Å². The Kier molecular flexibility index (Phi) is 4.39. The molecule has 0 aliphatic carbocycles. The zero-order valence-corrected chi connectivity index (χ0v) is 12.8. The molecular formula is C17H19ClN2O. The highest BCUT2D eigenvalue weighted by atomic mass is 35.5. The summed E-state index contributed by atoms with van der Waals surface area (Å²) in [5.74, 6) is 0.00422. The summed E-state index contributed by atoms with van der Waals surface area (Å²) >= 11 is 6.29. The van der Waals surface area contributed by atoms with Gasteiger partial charge in [0.1, 0.15) is 5.69 Å². The lowest BCUT2D eigenvalue weighted by molar-refractivity contribution is 0.0737. The number of likely N-dealkylation sites (tertiary alicyclic amines) is 1. The number of aromatic nitrogens is 1. The number of benzene rings is 1. The second-order valence-corrected chi connectivity index (χ2v) is 5.97. The van der Waals surface area contributed by atoms with Crippen molar-refractivity contribution in [2.24, 2.45) is 0 Å². The molecule has 3 nitrogen and oxygen atoms in total. The highest BCUT2D eigenvalue weighted by Crippen LogP contribution is 2.23. The van der Waals surface area contributed by atoms with Crippen LogP contribution < -0.4 is 0 Å². The molecule has 1 aromatic heterocycles. The zero-order chi connectivity index (χ0) is 14.7. The van der Waals surface area contributed by atoms with Crippen molar-refractivity contribution >= 4 is 28.4 Å². The molecule has 0 unspecified atom stereocenters. The van der Waals surface area contributed by atoms with Crippen LogP contribution in [0.4, 0.5) is 0 Å². The molecule has 1 amide bonds. The van der Waals surface area contributed by atoms with Crippen molar-refractivity contribution < 1.29 is 4.79 Å². The third-order valence-corrected chi connectivity index (χ3v) is 4.34. The number of nitrogens with zero attached hydrogens (tertiary/aromatic N) is 2. The van der Waals surface area contributed by atoms with Crippen LogP contribution in [0.15, 0.2) is 30.3 Å². The summed E-state index contributed by atoms with van der Waals surface area (Å²) < 4.78 is 0. The standard InChI is InChI=1S/C17H19ClN2O/c18-14-12-16(19-15-9-5-4-8-13(14)15)17(21)20-10-6-2-1-3-7-11-20/h4-5,8-9,12H,1-3,6-7,10-11H2. The number of fused-ring (bicyclic) bond motifs is 1. The fraction of sp³-hybridized carbons (Fsp3) is 0.412. The molecule has 110 valence electrons. The zero-order valence-electron chi connectivity index (χ0n) is 12.0. The van der Waals surface area contributed by atoms with Crippen molar-refractivity contribution in [2.75, 3.05) is 13.1 Å². The predicted molar refractivity (Wildman–Crippen MR) is 85.7 cm³/mol. The Hall–Kier alpha value is -1.61. The van der Waals surface area contributed by atoms with Gasteiger partial charge in [-0.05, 0) is 25.0 Å². The molecule has 0 N–H and O–H groups in total. The maximum atomic E-state index is 12.7. The highest BCUT2D eigenvalue weighted by molar-refractivity contribution is 6.35. The molecule has 3 rings (SSSR count). The van der Waals surface area contributed by atoms with Crippen LogP contribution in [0.3, 0.4) is 0 Å². The number of para-hydroxylation sites is 1. The number of rotatable bonds is 1. The Morgan fingerprint density at radius 1 is 1.05 bits per heavy atom. The van der Waals surface area contributed by atoms with Gasteiger partial charge in [-0.2, -0.15) is 0 Å². The van der Waals surface area contributed by atoms with Gasteiger partial charge in [-0.1, -0.05) is 49.1 Å². The van der Waals surface area contributed by atoms with Crippen molar-refractivity contribution in [1.29, 1.82) is 0 Å². The first kappa shape index (κ1) is 14.3. The Bertz CT molecular complexity index is 648. The summed E-state index contributed by atoms with van der Waals surface area (Å²) in [7, 11) is 0. The number of carbonyl (C=O) groups is 1. The Morgan fingerprint density at radius 2 is 1.71 bits per heavy atom. The molecule has 4 heteroatoms. The van der Waals surface area contributed by atoms with Crippen LogP contribution in [0.1, 0.15) is 42.6 Å². The Balaban J connectivity index is 1.89.